The molecular formula is C11H13N3OS. The van der Waals surface area contributed by atoms with E-state index in [1.807, 2.05) is 12.0 Å². The van der Waals surface area contributed by atoms with Crippen molar-refractivity contribution in [2.24, 2.45) is 0 Å². The molecular weight excluding hydrogens is 222 g/mol. The lowest BCUT2D eigenvalue weighted by Gasteiger charge is -2.16. The molecule has 16 heavy (non-hydrogen) atoms. The first-order valence-electron chi connectivity index (χ1n) is 5.38. The normalized spacial score (nSPS) is 16.2. The van der Waals surface area contributed by atoms with Gasteiger partial charge in [-0.05, 0) is 31.2 Å². The van der Waals surface area contributed by atoms with E-state index in [1.165, 1.54) is 5.56 Å². The van der Waals surface area contributed by atoms with Gasteiger partial charge in [-0.25, -0.2) is 15.0 Å². The van der Waals surface area contributed by atoms with Crippen LogP contribution in [-0.4, -0.2) is 23.1 Å². The van der Waals surface area contributed by atoms with Crippen molar-refractivity contribution in [3.05, 3.63) is 16.8 Å². The van der Waals surface area contributed by atoms with E-state index in [2.05, 4.69) is 22.3 Å². The second kappa shape index (κ2) is 3.68. The van der Waals surface area contributed by atoms with Crippen LogP contribution in [0.4, 0.5) is 5.82 Å². The molecule has 0 saturated carbocycles. The minimum atomic E-state index is 0.785. The van der Waals surface area contributed by atoms with Gasteiger partial charge in [-0.1, -0.05) is 0 Å². The monoisotopic (exact) mass is 235 g/mol. The Morgan fingerprint density at radius 2 is 2.25 bits per heavy atom. The fourth-order valence-electron chi connectivity index (χ4n) is 1.96. The molecule has 0 atom stereocenters. The highest BCUT2D eigenvalue weighted by Gasteiger charge is 2.20. The number of anilines is 1. The van der Waals surface area contributed by atoms with Gasteiger partial charge in [0, 0.05) is 6.54 Å². The van der Waals surface area contributed by atoms with Gasteiger partial charge in [-0.15, -0.1) is 11.3 Å². The van der Waals surface area contributed by atoms with E-state index in [1.54, 1.807) is 11.3 Å². The largest absolute Gasteiger partial charge is 0.272 e. The highest BCUT2D eigenvalue weighted by Crippen LogP contribution is 2.32. The maximum Gasteiger partial charge on any atom is 0.165 e. The van der Waals surface area contributed by atoms with Crippen LogP contribution in [0.2, 0.25) is 0 Å². The predicted octanol–water partition coefficient (Wildman–Crippen LogP) is 2.45. The second-order valence-electron chi connectivity index (χ2n) is 3.98. The topological polar surface area (TPSA) is 38.2 Å². The molecule has 84 valence electrons. The van der Waals surface area contributed by atoms with Crippen LogP contribution >= 0.6 is 11.3 Å². The smallest absolute Gasteiger partial charge is 0.165 e. The van der Waals surface area contributed by atoms with Crippen molar-refractivity contribution in [2.75, 3.05) is 18.2 Å². The van der Waals surface area contributed by atoms with Crippen LogP contribution < -0.4 is 5.06 Å². The van der Waals surface area contributed by atoms with Gasteiger partial charge in [-0.2, -0.15) is 0 Å². The molecule has 0 aliphatic carbocycles. The van der Waals surface area contributed by atoms with Gasteiger partial charge in [0.1, 0.15) is 10.7 Å². The maximum absolute atomic E-state index is 5.57. The van der Waals surface area contributed by atoms with E-state index in [0.717, 1.165) is 41.4 Å². The summed E-state index contributed by atoms with van der Waals surface area (Å²) in [7, 11) is 0. The van der Waals surface area contributed by atoms with Crippen molar-refractivity contribution >= 4 is 27.4 Å². The lowest BCUT2D eigenvalue weighted by Crippen LogP contribution is -2.18. The van der Waals surface area contributed by atoms with Crippen molar-refractivity contribution in [1.29, 1.82) is 0 Å². The first kappa shape index (κ1) is 9.99. The fourth-order valence-corrected chi connectivity index (χ4v) is 2.92. The van der Waals surface area contributed by atoms with E-state index in [-0.39, 0.29) is 0 Å². The minimum Gasteiger partial charge on any atom is -0.272 e. The van der Waals surface area contributed by atoms with Gasteiger partial charge < -0.3 is 0 Å². The summed E-state index contributed by atoms with van der Waals surface area (Å²) < 4.78 is 0. The highest BCUT2D eigenvalue weighted by atomic mass is 32.1. The summed E-state index contributed by atoms with van der Waals surface area (Å²) >= 11 is 1.67. The zero-order chi connectivity index (χ0) is 11.1. The Bertz CT molecular complexity index is 531. The van der Waals surface area contributed by atoms with Gasteiger partial charge >= 0.3 is 0 Å². The first-order valence-corrected chi connectivity index (χ1v) is 6.26. The number of hydroxylamine groups is 1. The number of nitrogens with zero attached hydrogens (tertiary/aromatic N) is 3. The summed E-state index contributed by atoms with van der Waals surface area (Å²) in [6.45, 7) is 5.72. The summed E-state index contributed by atoms with van der Waals surface area (Å²) in [5.41, 5.74) is 1.23. The number of rotatable bonds is 1. The predicted molar refractivity (Wildman–Crippen MR) is 64.8 cm³/mol. The molecule has 5 heteroatoms. The first-order chi connectivity index (χ1) is 7.75. The number of hydrogen-bond donors (Lipinski definition) is 0. The van der Waals surface area contributed by atoms with Crippen LogP contribution in [0.1, 0.15) is 17.8 Å². The summed E-state index contributed by atoms with van der Waals surface area (Å²) in [6.07, 6.45) is 1.06. The van der Waals surface area contributed by atoms with Gasteiger partial charge in [0.15, 0.2) is 5.82 Å². The number of thiophene rings is 1. The average Bonchev–Trinajstić information content (AvgIpc) is 2.87. The Morgan fingerprint density at radius 3 is 3.00 bits per heavy atom. The summed E-state index contributed by atoms with van der Waals surface area (Å²) in [5, 5.41) is 5.16. The fraction of sp³-hybridized carbons (Fsp3) is 0.455. The summed E-state index contributed by atoms with van der Waals surface area (Å²) in [6, 6.07) is 0. The summed E-state index contributed by atoms with van der Waals surface area (Å²) in [4.78, 5) is 15.6. The molecule has 3 heterocycles. The maximum atomic E-state index is 5.57. The van der Waals surface area contributed by atoms with Crippen LogP contribution in [0.15, 0.2) is 5.38 Å². The molecule has 2 aromatic heterocycles. The molecule has 0 unspecified atom stereocenters. The minimum absolute atomic E-state index is 0.785. The molecule has 3 rings (SSSR count). The van der Waals surface area contributed by atoms with Gasteiger partial charge in [0.25, 0.3) is 0 Å². The van der Waals surface area contributed by atoms with Gasteiger partial charge in [-0.3, -0.25) is 4.84 Å². The van der Waals surface area contributed by atoms with Crippen LogP contribution in [0.5, 0.6) is 0 Å². The lowest BCUT2D eigenvalue weighted by atomic mass is 10.2. The van der Waals surface area contributed by atoms with Crippen molar-refractivity contribution in [3.8, 4) is 0 Å². The third kappa shape index (κ3) is 1.47. The van der Waals surface area contributed by atoms with Gasteiger partial charge in [0.2, 0.25) is 0 Å². The lowest BCUT2D eigenvalue weighted by molar-refractivity contribution is 0.167. The van der Waals surface area contributed by atoms with Crippen LogP contribution in [0.3, 0.4) is 0 Å². The highest BCUT2D eigenvalue weighted by molar-refractivity contribution is 7.17. The van der Waals surface area contributed by atoms with E-state index >= 15 is 0 Å². The molecule has 0 N–H and O–H groups in total. The van der Waals surface area contributed by atoms with Crippen molar-refractivity contribution in [1.82, 2.24) is 9.97 Å². The Labute approximate surface area is 97.8 Å². The molecule has 0 spiro atoms. The zero-order valence-electron chi connectivity index (χ0n) is 9.36. The molecule has 1 aliphatic rings. The Kier molecular flexibility index (Phi) is 2.29. The van der Waals surface area contributed by atoms with Crippen LogP contribution in [0.25, 0.3) is 10.2 Å². The molecule has 1 aliphatic heterocycles. The van der Waals surface area contributed by atoms with Crippen molar-refractivity contribution in [2.45, 2.75) is 20.3 Å². The number of fused-ring (bicyclic) bond motifs is 1. The SMILES string of the molecule is Cc1nc(N2CCCO2)c2c(C)csc2n1. The van der Waals surface area contributed by atoms with E-state index in [4.69, 9.17) is 4.84 Å². The average molecular weight is 235 g/mol. The van der Waals surface area contributed by atoms with E-state index < -0.39 is 0 Å². The molecule has 1 saturated heterocycles. The number of hydrogen-bond acceptors (Lipinski definition) is 5. The Hall–Kier alpha value is -1.20. The third-order valence-electron chi connectivity index (χ3n) is 2.70. The summed E-state index contributed by atoms with van der Waals surface area (Å²) in [5.74, 6) is 1.73. The molecule has 2 aromatic rings. The Balaban J connectivity index is 2.23. The molecule has 1 fully saturated rings. The van der Waals surface area contributed by atoms with Crippen molar-refractivity contribution in [3.63, 3.8) is 0 Å². The molecule has 0 bridgehead atoms. The van der Waals surface area contributed by atoms with Gasteiger partial charge in [0.05, 0.1) is 12.0 Å². The van der Waals surface area contributed by atoms with Crippen LogP contribution in [0, 0.1) is 13.8 Å². The van der Waals surface area contributed by atoms with E-state index in [9.17, 15) is 0 Å². The standard InChI is InChI=1S/C11H13N3OS/c1-7-6-16-11-9(7)10(12-8(2)13-11)14-4-3-5-15-14/h6H,3-5H2,1-2H3. The van der Waals surface area contributed by atoms with Crippen LogP contribution in [-0.2, 0) is 4.84 Å². The molecule has 4 nitrogen and oxygen atoms in total. The molecule has 0 aromatic carbocycles. The third-order valence-corrected chi connectivity index (χ3v) is 3.69. The van der Waals surface area contributed by atoms with Crippen molar-refractivity contribution < 1.29 is 4.84 Å². The quantitative estimate of drug-likeness (QED) is 0.761. The molecule has 0 radical (unpaired) electrons. The zero-order valence-corrected chi connectivity index (χ0v) is 10.2. The second-order valence-corrected chi connectivity index (χ2v) is 4.84. The number of aromatic nitrogens is 2. The number of aryl methyl sites for hydroxylation is 2. The van der Waals surface area contributed by atoms with E-state index in [0.29, 0.717) is 0 Å². The Morgan fingerprint density at radius 1 is 1.38 bits per heavy atom. The molecule has 0 amide bonds.